The fraction of sp³-hybridized carbons (Fsp3) is 0.389. The lowest BCUT2D eigenvalue weighted by molar-refractivity contribution is 0.174. The third-order valence-electron chi connectivity index (χ3n) is 4.42. The third kappa shape index (κ3) is 3.81. The highest BCUT2D eigenvalue weighted by molar-refractivity contribution is 5.74. The number of urea groups is 1. The first-order chi connectivity index (χ1) is 13.2. The smallest absolute Gasteiger partial charge is 0.317 e. The zero-order chi connectivity index (χ0) is 18.6. The Morgan fingerprint density at radius 2 is 2.07 bits per heavy atom. The Bertz CT molecular complexity index is 831. The van der Waals surface area contributed by atoms with Crippen molar-refractivity contribution in [3.8, 4) is 23.3 Å². The standard InChI is InChI=1S/C18H20N4O5/c1-24-16-17(20-6-5-19-16)27-13-4-7-22(10-13)18(23)21-9-12-2-3-14-15(8-12)26-11-25-14/h2-3,5-6,8,13H,4,7,9-11H2,1H3,(H,21,23)/t13-/m0/s1. The van der Waals surface area contributed by atoms with Crippen LogP contribution in [0.15, 0.2) is 30.6 Å². The highest BCUT2D eigenvalue weighted by atomic mass is 16.7. The Kier molecular flexibility index (Phi) is 4.82. The minimum Gasteiger partial charge on any atom is -0.477 e. The lowest BCUT2D eigenvalue weighted by atomic mass is 10.2. The summed E-state index contributed by atoms with van der Waals surface area (Å²) < 4.78 is 21.6. The summed E-state index contributed by atoms with van der Waals surface area (Å²) in [6, 6.07) is 5.49. The summed E-state index contributed by atoms with van der Waals surface area (Å²) >= 11 is 0. The molecule has 9 heteroatoms. The average molecular weight is 372 g/mol. The van der Waals surface area contributed by atoms with Crippen LogP contribution in [0.2, 0.25) is 0 Å². The topological polar surface area (TPSA) is 95.0 Å². The molecule has 2 aromatic rings. The number of hydrogen-bond donors (Lipinski definition) is 1. The van der Waals surface area contributed by atoms with Crippen LogP contribution in [0.1, 0.15) is 12.0 Å². The predicted molar refractivity (Wildman–Crippen MR) is 94.0 cm³/mol. The number of fused-ring (bicyclic) bond motifs is 1. The van der Waals surface area contributed by atoms with Gasteiger partial charge in [0.1, 0.15) is 6.10 Å². The molecule has 0 aliphatic carbocycles. The molecular weight excluding hydrogens is 352 g/mol. The van der Waals surface area contributed by atoms with Crippen molar-refractivity contribution in [2.24, 2.45) is 0 Å². The summed E-state index contributed by atoms with van der Waals surface area (Å²) in [7, 11) is 1.52. The van der Waals surface area contributed by atoms with E-state index in [2.05, 4.69) is 15.3 Å². The predicted octanol–water partition coefficient (Wildman–Crippen LogP) is 1.58. The minimum absolute atomic E-state index is 0.134. The molecule has 3 heterocycles. The Balaban J connectivity index is 1.29. The lowest BCUT2D eigenvalue weighted by Gasteiger charge is -2.18. The fourth-order valence-corrected chi connectivity index (χ4v) is 3.04. The highest BCUT2D eigenvalue weighted by Gasteiger charge is 2.28. The first-order valence-electron chi connectivity index (χ1n) is 8.66. The zero-order valence-electron chi connectivity index (χ0n) is 14.9. The molecule has 1 saturated heterocycles. The monoisotopic (exact) mass is 372 g/mol. The SMILES string of the molecule is COc1nccnc1O[C@H]1CCN(C(=O)NCc2ccc3c(c2)OCO3)C1. The van der Waals surface area contributed by atoms with Gasteiger partial charge >= 0.3 is 6.03 Å². The first-order valence-corrected chi connectivity index (χ1v) is 8.66. The molecular formula is C18H20N4O5. The number of nitrogens with one attached hydrogen (secondary N) is 1. The molecule has 0 bridgehead atoms. The number of amides is 2. The van der Waals surface area contributed by atoms with Crippen molar-refractivity contribution in [3.05, 3.63) is 36.2 Å². The molecule has 27 heavy (non-hydrogen) atoms. The molecule has 1 fully saturated rings. The number of carbonyl (C=O) groups is 1. The third-order valence-corrected chi connectivity index (χ3v) is 4.42. The van der Waals surface area contributed by atoms with E-state index in [9.17, 15) is 4.79 Å². The van der Waals surface area contributed by atoms with Crippen molar-refractivity contribution in [3.63, 3.8) is 0 Å². The number of methoxy groups -OCH3 is 1. The van der Waals surface area contributed by atoms with Crippen molar-refractivity contribution in [2.75, 3.05) is 27.0 Å². The van der Waals surface area contributed by atoms with E-state index in [-0.39, 0.29) is 18.9 Å². The number of nitrogens with zero attached hydrogens (tertiary/aromatic N) is 3. The maximum Gasteiger partial charge on any atom is 0.317 e. The number of hydrogen-bond acceptors (Lipinski definition) is 7. The molecule has 1 N–H and O–H groups in total. The molecule has 0 radical (unpaired) electrons. The Hall–Kier alpha value is -3.23. The van der Waals surface area contributed by atoms with Crippen LogP contribution in [-0.4, -0.2) is 54.0 Å². The molecule has 9 nitrogen and oxygen atoms in total. The summed E-state index contributed by atoms with van der Waals surface area (Å²) in [5, 5.41) is 2.92. The van der Waals surface area contributed by atoms with Crippen LogP contribution in [0.4, 0.5) is 4.79 Å². The molecule has 1 atom stereocenters. The van der Waals surface area contributed by atoms with Gasteiger partial charge < -0.3 is 29.2 Å². The largest absolute Gasteiger partial charge is 0.477 e. The molecule has 2 amide bonds. The van der Waals surface area contributed by atoms with Crippen molar-refractivity contribution < 1.29 is 23.7 Å². The van der Waals surface area contributed by atoms with Crippen LogP contribution in [-0.2, 0) is 6.54 Å². The number of benzene rings is 1. The van der Waals surface area contributed by atoms with Gasteiger partial charge in [0, 0.05) is 31.9 Å². The second-order valence-electron chi connectivity index (χ2n) is 6.19. The first kappa shape index (κ1) is 17.2. The molecule has 1 aromatic carbocycles. The molecule has 0 saturated carbocycles. The zero-order valence-corrected chi connectivity index (χ0v) is 14.9. The molecule has 0 spiro atoms. The summed E-state index contributed by atoms with van der Waals surface area (Å²) in [6.45, 7) is 1.74. The molecule has 1 aromatic heterocycles. The van der Waals surface area contributed by atoms with Gasteiger partial charge in [0.05, 0.1) is 13.7 Å². The van der Waals surface area contributed by atoms with Gasteiger partial charge in [-0.25, -0.2) is 14.8 Å². The summed E-state index contributed by atoms with van der Waals surface area (Å²) in [6.07, 6.45) is 3.66. The molecule has 0 unspecified atom stereocenters. The van der Waals surface area contributed by atoms with Crippen molar-refractivity contribution in [1.82, 2.24) is 20.2 Å². The van der Waals surface area contributed by atoms with E-state index in [1.54, 1.807) is 11.1 Å². The summed E-state index contributed by atoms with van der Waals surface area (Å²) in [4.78, 5) is 22.3. The van der Waals surface area contributed by atoms with E-state index in [0.717, 1.165) is 17.7 Å². The Morgan fingerprint density at radius 3 is 2.93 bits per heavy atom. The molecule has 2 aliphatic heterocycles. The van der Waals surface area contributed by atoms with Gasteiger partial charge in [-0.05, 0) is 17.7 Å². The van der Waals surface area contributed by atoms with Gasteiger partial charge in [0.2, 0.25) is 6.79 Å². The maximum absolute atomic E-state index is 12.4. The average Bonchev–Trinajstić information content (AvgIpc) is 3.35. The van der Waals surface area contributed by atoms with E-state index < -0.39 is 0 Å². The lowest BCUT2D eigenvalue weighted by Crippen LogP contribution is -2.39. The fourth-order valence-electron chi connectivity index (χ4n) is 3.04. The van der Waals surface area contributed by atoms with E-state index in [1.165, 1.54) is 13.3 Å². The van der Waals surface area contributed by atoms with Gasteiger partial charge in [0.15, 0.2) is 11.5 Å². The maximum atomic E-state index is 12.4. The van der Waals surface area contributed by atoms with Gasteiger partial charge in [0.25, 0.3) is 11.8 Å². The molecule has 4 rings (SSSR count). The van der Waals surface area contributed by atoms with Crippen LogP contribution in [0, 0.1) is 0 Å². The van der Waals surface area contributed by atoms with E-state index in [4.69, 9.17) is 18.9 Å². The Labute approximate surface area is 156 Å². The van der Waals surface area contributed by atoms with E-state index in [1.807, 2.05) is 18.2 Å². The molecule has 2 aliphatic rings. The normalized spacial score (nSPS) is 17.7. The van der Waals surface area contributed by atoms with Crippen LogP contribution in [0.3, 0.4) is 0 Å². The van der Waals surface area contributed by atoms with Crippen LogP contribution in [0.25, 0.3) is 0 Å². The van der Waals surface area contributed by atoms with E-state index >= 15 is 0 Å². The summed E-state index contributed by atoms with van der Waals surface area (Å²) in [5.74, 6) is 2.11. The highest BCUT2D eigenvalue weighted by Crippen LogP contribution is 2.32. The van der Waals surface area contributed by atoms with E-state index in [0.29, 0.717) is 37.1 Å². The molecule has 142 valence electrons. The number of ether oxygens (including phenoxy) is 4. The van der Waals surface area contributed by atoms with Gasteiger partial charge in [-0.2, -0.15) is 0 Å². The van der Waals surface area contributed by atoms with Crippen LogP contribution in [0.5, 0.6) is 23.3 Å². The number of likely N-dealkylation sites (tertiary alicyclic amines) is 1. The Morgan fingerprint density at radius 1 is 1.26 bits per heavy atom. The number of aromatic nitrogens is 2. The quantitative estimate of drug-likeness (QED) is 0.851. The number of rotatable bonds is 5. The van der Waals surface area contributed by atoms with Gasteiger partial charge in [-0.3, -0.25) is 0 Å². The number of carbonyl (C=O) groups excluding carboxylic acids is 1. The second-order valence-corrected chi connectivity index (χ2v) is 6.19. The second kappa shape index (κ2) is 7.56. The van der Waals surface area contributed by atoms with Gasteiger partial charge in [-0.15, -0.1) is 0 Å². The van der Waals surface area contributed by atoms with Crippen molar-refractivity contribution >= 4 is 6.03 Å². The van der Waals surface area contributed by atoms with Crippen molar-refractivity contribution in [2.45, 2.75) is 19.1 Å². The van der Waals surface area contributed by atoms with Gasteiger partial charge in [-0.1, -0.05) is 6.07 Å². The summed E-state index contributed by atoms with van der Waals surface area (Å²) in [5.41, 5.74) is 0.948. The van der Waals surface area contributed by atoms with Crippen LogP contribution < -0.4 is 24.3 Å². The van der Waals surface area contributed by atoms with Crippen molar-refractivity contribution in [1.29, 1.82) is 0 Å². The van der Waals surface area contributed by atoms with Crippen LogP contribution >= 0.6 is 0 Å². The minimum atomic E-state index is -0.146.